The molecule has 0 aromatic rings. The zero-order valence-electron chi connectivity index (χ0n) is 9.99. The number of ether oxygens (including phenoxy) is 1. The fourth-order valence-corrected chi connectivity index (χ4v) is 1.20. The molecule has 0 rings (SSSR count). The Morgan fingerprint density at radius 1 is 1.50 bits per heavy atom. The Hall–Kier alpha value is -1.36. The molecular formula is C11H19NO4. The molecule has 0 saturated heterocycles. The van der Waals surface area contributed by atoms with Gasteiger partial charge in [-0.25, -0.2) is 0 Å². The highest BCUT2D eigenvalue weighted by Gasteiger charge is 2.33. The Kier molecular flexibility index (Phi) is 5.17. The van der Waals surface area contributed by atoms with Crippen LogP contribution in [0.1, 0.15) is 27.2 Å². The van der Waals surface area contributed by atoms with E-state index in [9.17, 15) is 14.7 Å². The van der Waals surface area contributed by atoms with E-state index in [1.165, 1.54) is 6.08 Å². The van der Waals surface area contributed by atoms with Gasteiger partial charge < -0.3 is 20.4 Å². The molecule has 0 radical (unpaired) electrons. The second-order valence-corrected chi connectivity index (χ2v) is 4.61. The minimum absolute atomic E-state index is 0.317. The predicted molar refractivity (Wildman–Crippen MR) is 55.8 cm³/mol. The van der Waals surface area contributed by atoms with Crippen LogP contribution in [0.25, 0.3) is 0 Å². The molecular weight excluding hydrogens is 210 g/mol. The molecule has 0 spiro atoms. The van der Waals surface area contributed by atoms with Gasteiger partial charge in [-0.15, -0.1) is 6.58 Å². The second kappa shape index (κ2) is 5.65. The van der Waals surface area contributed by atoms with Gasteiger partial charge in [0.15, 0.2) is 0 Å². The van der Waals surface area contributed by atoms with E-state index >= 15 is 0 Å². The van der Waals surface area contributed by atoms with E-state index in [4.69, 9.17) is 4.74 Å². The number of carbonyl (C=O) groups is 2. The van der Waals surface area contributed by atoms with Crippen molar-refractivity contribution in [2.45, 2.75) is 38.8 Å². The number of carboxylic acids is 1. The van der Waals surface area contributed by atoms with Gasteiger partial charge in [-0.05, 0) is 20.8 Å². The summed E-state index contributed by atoms with van der Waals surface area (Å²) >= 11 is 0. The van der Waals surface area contributed by atoms with Gasteiger partial charge in [-0.2, -0.15) is 0 Å². The fourth-order valence-electron chi connectivity index (χ4n) is 1.20. The smallest absolute Gasteiger partial charge is 0.321 e. The number of hydrogen-bond donors (Lipinski definition) is 1. The van der Waals surface area contributed by atoms with E-state index in [0.29, 0.717) is 6.42 Å². The lowest BCUT2D eigenvalue weighted by Crippen LogP contribution is -2.68. The summed E-state index contributed by atoms with van der Waals surface area (Å²) in [6.45, 7) is 8.48. The molecule has 0 amide bonds. The minimum atomic E-state index is -1.46. The molecule has 0 saturated carbocycles. The van der Waals surface area contributed by atoms with Crippen molar-refractivity contribution in [3.8, 4) is 0 Å². The molecule has 0 aliphatic rings. The third-order valence-corrected chi connectivity index (χ3v) is 1.86. The van der Waals surface area contributed by atoms with Gasteiger partial charge in [0, 0.05) is 6.42 Å². The van der Waals surface area contributed by atoms with E-state index in [0.717, 1.165) is 0 Å². The molecule has 0 aliphatic heterocycles. The zero-order chi connectivity index (χ0) is 12.9. The molecule has 3 N–H and O–H groups in total. The van der Waals surface area contributed by atoms with Crippen LogP contribution in [0.3, 0.4) is 0 Å². The number of quaternary nitrogens is 1. The van der Waals surface area contributed by atoms with Gasteiger partial charge in [0.1, 0.15) is 17.6 Å². The van der Waals surface area contributed by atoms with E-state index in [2.05, 4.69) is 12.3 Å². The van der Waals surface area contributed by atoms with Crippen molar-refractivity contribution in [3.05, 3.63) is 12.7 Å². The molecule has 0 unspecified atom stereocenters. The van der Waals surface area contributed by atoms with Gasteiger partial charge in [0.25, 0.3) is 0 Å². The van der Waals surface area contributed by atoms with Gasteiger partial charge in [-0.3, -0.25) is 4.79 Å². The first-order valence-electron chi connectivity index (χ1n) is 5.06. The van der Waals surface area contributed by atoms with Crippen molar-refractivity contribution in [2.75, 3.05) is 0 Å². The molecule has 5 nitrogen and oxygen atoms in total. The number of rotatable bonds is 5. The van der Waals surface area contributed by atoms with Crippen LogP contribution in [0, 0.1) is 5.92 Å². The maximum Gasteiger partial charge on any atom is 0.321 e. The molecule has 92 valence electrons. The Morgan fingerprint density at radius 2 is 2.00 bits per heavy atom. The summed E-state index contributed by atoms with van der Waals surface area (Å²) < 4.78 is 4.99. The van der Waals surface area contributed by atoms with Gasteiger partial charge in [0.2, 0.25) is 0 Å². The first-order chi connectivity index (χ1) is 7.19. The quantitative estimate of drug-likeness (QED) is 0.367. The standard InChI is InChI=1S/C11H19NO4/c1-5-6-7(12)8(9(13)14)10(15)16-11(2,3)4/h5,7-8H,1,6,12H2,2-4H3,(H,13,14)/t7-,8-/m0/s1. The zero-order valence-corrected chi connectivity index (χ0v) is 9.99. The van der Waals surface area contributed by atoms with Crippen LogP contribution < -0.4 is 10.8 Å². The number of carboxylic acid groups (broad SMARTS) is 1. The number of hydrogen-bond acceptors (Lipinski definition) is 4. The second-order valence-electron chi connectivity index (χ2n) is 4.61. The summed E-state index contributed by atoms with van der Waals surface area (Å²) in [5.74, 6) is -3.62. The molecule has 0 aliphatic carbocycles. The topological polar surface area (TPSA) is 94.1 Å². The summed E-state index contributed by atoms with van der Waals surface area (Å²) in [6, 6.07) is -0.627. The maximum absolute atomic E-state index is 11.6. The first-order valence-corrected chi connectivity index (χ1v) is 5.06. The monoisotopic (exact) mass is 229 g/mol. The van der Waals surface area contributed by atoms with Gasteiger partial charge in [-0.1, -0.05) is 6.08 Å². The molecule has 0 heterocycles. The lowest BCUT2D eigenvalue weighted by Gasteiger charge is -2.25. The molecule has 0 aromatic carbocycles. The van der Waals surface area contributed by atoms with E-state index in [1.54, 1.807) is 20.8 Å². The largest absolute Gasteiger partial charge is 0.549 e. The van der Waals surface area contributed by atoms with Crippen LogP contribution in [0.4, 0.5) is 0 Å². The van der Waals surface area contributed by atoms with Crippen molar-refractivity contribution >= 4 is 11.9 Å². The molecule has 0 bridgehead atoms. The third kappa shape index (κ3) is 4.93. The van der Waals surface area contributed by atoms with E-state index in [-0.39, 0.29) is 0 Å². The normalized spacial score (nSPS) is 15.0. The summed E-state index contributed by atoms with van der Waals surface area (Å²) in [6.07, 6.45) is 1.83. The van der Waals surface area contributed by atoms with Crippen molar-refractivity contribution in [3.63, 3.8) is 0 Å². The Labute approximate surface area is 95.3 Å². The Balaban J connectivity index is 4.72. The molecule has 0 aromatic heterocycles. The van der Waals surface area contributed by atoms with Crippen LogP contribution in [-0.2, 0) is 14.3 Å². The number of carbonyl (C=O) groups excluding carboxylic acids is 2. The highest BCUT2D eigenvalue weighted by molar-refractivity contribution is 5.93. The van der Waals surface area contributed by atoms with Crippen molar-refractivity contribution in [2.24, 2.45) is 5.92 Å². The highest BCUT2D eigenvalue weighted by Crippen LogP contribution is 2.13. The summed E-state index contributed by atoms with van der Waals surface area (Å²) in [7, 11) is 0. The summed E-state index contributed by atoms with van der Waals surface area (Å²) in [5.41, 5.74) is 2.88. The van der Waals surface area contributed by atoms with Crippen molar-refractivity contribution in [1.82, 2.24) is 0 Å². The van der Waals surface area contributed by atoms with Crippen molar-refractivity contribution < 1.29 is 25.2 Å². The minimum Gasteiger partial charge on any atom is -0.549 e. The maximum atomic E-state index is 11.6. The SMILES string of the molecule is C=CC[C@H]([NH3+])[C@@H](C(=O)[O-])C(=O)OC(C)(C)C. The van der Waals surface area contributed by atoms with Gasteiger partial charge >= 0.3 is 5.97 Å². The van der Waals surface area contributed by atoms with Crippen molar-refractivity contribution in [1.29, 1.82) is 0 Å². The average Bonchev–Trinajstić information content (AvgIpc) is 1.99. The Bertz CT molecular complexity index is 280. The van der Waals surface area contributed by atoms with Crippen LogP contribution in [0.2, 0.25) is 0 Å². The Morgan fingerprint density at radius 3 is 2.31 bits per heavy atom. The first kappa shape index (κ1) is 14.6. The lowest BCUT2D eigenvalue weighted by molar-refractivity contribution is -0.432. The predicted octanol–water partition coefficient (Wildman–Crippen LogP) is -1.12. The lowest BCUT2D eigenvalue weighted by atomic mass is 9.97. The van der Waals surface area contributed by atoms with E-state index < -0.39 is 29.5 Å². The molecule has 16 heavy (non-hydrogen) atoms. The van der Waals surface area contributed by atoms with Crippen LogP contribution >= 0.6 is 0 Å². The molecule has 5 heteroatoms. The molecule has 2 atom stereocenters. The van der Waals surface area contributed by atoms with Crippen LogP contribution in [-0.4, -0.2) is 23.6 Å². The number of esters is 1. The van der Waals surface area contributed by atoms with E-state index in [1.807, 2.05) is 0 Å². The average molecular weight is 229 g/mol. The van der Waals surface area contributed by atoms with Crippen LogP contribution in [0.15, 0.2) is 12.7 Å². The summed E-state index contributed by atoms with van der Waals surface area (Å²) in [5, 5.41) is 10.9. The van der Waals surface area contributed by atoms with Gasteiger partial charge in [0.05, 0.1) is 5.97 Å². The van der Waals surface area contributed by atoms with Crippen LogP contribution in [0.5, 0.6) is 0 Å². The summed E-state index contributed by atoms with van der Waals surface area (Å²) in [4.78, 5) is 22.5. The molecule has 0 fully saturated rings. The fraction of sp³-hybridized carbons (Fsp3) is 0.636. The number of aliphatic carboxylic acids is 1. The third-order valence-electron chi connectivity index (χ3n) is 1.86. The highest BCUT2D eigenvalue weighted by atomic mass is 16.6.